The Morgan fingerprint density at radius 2 is 1.67 bits per heavy atom. The first-order valence-corrected chi connectivity index (χ1v) is 6.44. The number of alkyl halides is 3. The Morgan fingerprint density at radius 3 is 2.19 bits per heavy atom. The fourth-order valence-electron chi connectivity index (χ4n) is 1.21. The van der Waals surface area contributed by atoms with Crippen molar-refractivity contribution in [1.29, 1.82) is 0 Å². The van der Waals surface area contributed by atoms with E-state index in [1.807, 2.05) is 0 Å². The number of hydrogen-bond donors (Lipinski definition) is 1. The van der Waals surface area contributed by atoms with E-state index in [0.717, 1.165) is 0 Å². The first-order valence-electron chi connectivity index (χ1n) is 5.12. The minimum absolute atomic E-state index is 0.0593. The van der Waals surface area contributed by atoms with Gasteiger partial charge in [-0.3, -0.25) is 9.00 Å². The number of hydrogen-bond acceptors (Lipinski definition) is 2. The van der Waals surface area contributed by atoms with E-state index in [9.17, 15) is 39.7 Å². The van der Waals surface area contributed by atoms with E-state index in [1.54, 1.807) is 5.32 Å². The molecule has 0 aliphatic heterocycles. The third-order valence-electron chi connectivity index (χ3n) is 2.18. The maximum Gasteiger partial charge on any atom is 0.471 e. The third kappa shape index (κ3) is 4.16. The van der Waals surface area contributed by atoms with Crippen LogP contribution in [0.3, 0.4) is 0 Å². The quantitative estimate of drug-likeness (QED) is 0.520. The van der Waals surface area contributed by atoms with Gasteiger partial charge in [-0.25, -0.2) is 17.6 Å². The molecule has 0 saturated heterocycles. The zero-order chi connectivity index (χ0) is 16.4. The largest absolute Gasteiger partial charge is 0.471 e. The summed E-state index contributed by atoms with van der Waals surface area (Å²) >= 11 is 0. The Bertz CT molecular complexity index is 588. The molecule has 0 saturated carbocycles. The normalized spacial score (nSPS) is 13.1. The van der Waals surface area contributed by atoms with Crippen molar-refractivity contribution in [2.45, 2.75) is 5.51 Å². The zero-order valence-corrected chi connectivity index (χ0v) is 10.7. The molecule has 0 aliphatic rings. The van der Waals surface area contributed by atoms with Crippen molar-refractivity contribution in [2.24, 2.45) is 0 Å². The lowest BCUT2D eigenvalue weighted by molar-refractivity contribution is -0.0384. The van der Waals surface area contributed by atoms with Crippen molar-refractivity contribution in [3.8, 4) is 0 Å². The number of nitrogens with one attached hydrogen (secondary N) is 1. The number of carbonyl (C=O) groups is 1. The molecule has 1 unspecified atom stereocenters. The summed E-state index contributed by atoms with van der Waals surface area (Å²) in [6.07, 6.45) is 0. The van der Waals surface area contributed by atoms with Gasteiger partial charge in [-0.1, -0.05) is 0 Å². The van der Waals surface area contributed by atoms with Crippen molar-refractivity contribution in [3.05, 3.63) is 34.9 Å². The minimum atomic E-state index is -4.98. The molecular weight excluding hydrogens is 331 g/mol. The monoisotopic (exact) mass is 337 g/mol. The highest BCUT2D eigenvalue weighted by Crippen LogP contribution is 2.20. The maximum atomic E-state index is 13.2. The number of rotatable bonds is 4. The molecule has 0 aliphatic carbocycles. The Kier molecular flexibility index (Phi) is 5.31. The lowest BCUT2D eigenvalue weighted by Gasteiger charge is -2.09. The van der Waals surface area contributed by atoms with Gasteiger partial charge in [0.25, 0.3) is 5.91 Å². The molecule has 0 aromatic heterocycles. The highest BCUT2D eigenvalue weighted by atomic mass is 32.2. The lowest BCUT2D eigenvalue weighted by atomic mass is 10.1. The molecule has 0 spiro atoms. The Labute approximate surface area is 115 Å². The second-order valence-corrected chi connectivity index (χ2v) is 5.16. The van der Waals surface area contributed by atoms with Gasteiger partial charge in [0.1, 0.15) is 10.8 Å². The second-order valence-electron chi connectivity index (χ2n) is 3.60. The lowest BCUT2D eigenvalue weighted by Crippen LogP contribution is -2.31. The van der Waals surface area contributed by atoms with Crippen LogP contribution >= 0.6 is 0 Å². The Balaban J connectivity index is 2.76. The van der Waals surface area contributed by atoms with E-state index in [2.05, 4.69) is 0 Å². The summed E-state index contributed by atoms with van der Waals surface area (Å²) in [4.78, 5) is 11.3. The van der Waals surface area contributed by atoms with Gasteiger partial charge < -0.3 is 5.32 Å². The molecule has 118 valence electrons. The molecule has 21 heavy (non-hydrogen) atoms. The van der Waals surface area contributed by atoms with Crippen LogP contribution in [0.2, 0.25) is 0 Å². The summed E-state index contributed by atoms with van der Waals surface area (Å²) in [5.41, 5.74) is -6.20. The third-order valence-corrected chi connectivity index (χ3v) is 3.27. The molecule has 1 N–H and O–H groups in total. The minimum Gasteiger partial charge on any atom is -0.351 e. The van der Waals surface area contributed by atoms with Gasteiger partial charge in [-0.15, -0.1) is 0 Å². The molecular formula is C10H6F7NO2S. The summed E-state index contributed by atoms with van der Waals surface area (Å²) < 4.78 is 97.8. The summed E-state index contributed by atoms with van der Waals surface area (Å²) in [5, 5.41) is 1.69. The van der Waals surface area contributed by atoms with Crippen molar-refractivity contribution < 1.29 is 39.7 Å². The molecule has 1 atom stereocenters. The molecule has 3 nitrogen and oxygen atoms in total. The summed E-state index contributed by atoms with van der Waals surface area (Å²) in [7, 11) is -3.24. The van der Waals surface area contributed by atoms with Crippen molar-refractivity contribution >= 4 is 16.7 Å². The van der Waals surface area contributed by atoms with Gasteiger partial charge in [-0.2, -0.15) is 13.2 Å². The number of carbonyl (C=O) groups excluding carboxylic acids is 1. The molecule has 1 amide bonds. The number of amides is 1. The van der Waals surface area contributed by atoms with Crippen LogP contribution in [0.4, 0.5) is 30.7 Å². The highest BCUT2D eigenvalue weighted by Gasteiger charge is 2.36. The fourth-order valence-corrected chi connectivity index (χ4v) is 1.73. The zero-order valence-electron chi connectivity index (χ0n) is 9.86. The number of halogens is 7. The summed E-state index contributed by atoms with van der Waals surface area (Å²) in [6, 6.07) is 0.0593. The van der Waals surface area contributed by atoms with E-state index >= 15 is 0 Å². The molecule has 1 aromatic rings. The average Bonchev–Trinajstić information content (AvgIpc) is 2.39. The molecule has 11 heteroatoms. The standard InChI is InChI=1S/C10H6F7NO2S/c11-5-3-4(6(12)8(14)7(5)13)9(19)18-1-2-21(20)10(15,16)17/h3H,1-2H2,(H,18,19). The van der Waals surface area contributed by atoms with Crippen LogP contribution in [-0.2, 0) is 10.8 Å². The van der Waals surface area contributed by atoms with E-state index in [1.165, 1.54) is 0 Å². The van der Waals surface area contributed by atoms with Crippen LogP contribution in [0.5, 0.6) is 0 Å². The van der Waals surface area contributed by atoms with E-state index in [4.69, 9.17) is 0 Å². The van der Waals surface area contributed by atoms with E-state index in [0.29, 0.717) is 0 Å². The summed E-state index contributed by atoms with van der Waals surface area (Å²) in [6.45, 7) is -0.787. The average molecular weight is 337 g/mol. The molecule has 0 bridgehead atoms. The SMILES string of the molecule is O=C(NCCS(=O)C(F)(F)F)c1cc(F)c(F)c(F)c1F. The van der Waals surface area contributed by atoms with Gasteiger partial charge in [0.05, 0.1) is 5.56 Å². The Hall–Kier alpha value is -1.65. The predicted octanol–water partition coefficient (Wildman–Crippen LogP) is 2.24. The van der Waals surface area contributed by atoms with Crippen LogP contribution in [0.25, 0.3) is 0 Å². The van der Waals surface area contributed by atoms with E-state index in [-0.39, 0.29) is 6.07 Å². The predicted molar refractivity (Wildman–Crippen MR) is 57.7 cm³/mol. The first-order chi connectivity index (χ1) is 9.55. The molecule has 0 radical (unpaired) electrons. The maximum absolute atomic E-state index is 13.2. The van der Waals surface area contributed by atoms with Gasteiger partial charge in [0.2, 0.25) is 0 Å². The van der Waals surface area contributed by atoms with Crippen molar-refractivity contribution in [1.82, 2.24) is 5.32 Å². The number of benzene rings is 1. The molecule has 1 rings (SSSR count). The first kappa shape index (κ1) is 17.4. The van der Waals surface area contributed by atoms with Crippen LogP contribution in [-0.4, -0.2) is 27.9 Å². The smallest absolute Gasteiger partial charge is 0.351 e. The van der Waals surface area contributed by atoms with Crippen LogP contribution in [0.15, 0.2) is 6.07 Å². The van der Waals surface area contributed by atoms with Gasteiger partial charge in [0, 0.05) is 12.3 Å². The topological polar surface area (TPSA) is 46.2 Å². The molecule has 1 aromatic carbocycles. The molecule has 0 heterocycles. The van der Waals surface area contributed by atoms with Gasteiger partial charge in [0.15, 0.2) is 23.3 Å². The van der Waals surface area contributed by atoms with Crippen molar-refractivity contribution in [2.75, 3.05) is 12.3 Å². The van der Waals surface area contributed by atoms with Crippen LogP contribution < -0.4 is 5.32 Å². The van der Waals surface area contributed by atoms with Crippen LogP contribution in [0, 0.1) is 23.3 Å². The van der Waals surface area contributed by atoms with Crippen LogP contribution in [0.1, 0.15) is 10.4 Å². The van der Waals surface area contributed by atoms with Gasteiger partial charge >= 0.3 is 5.51 Å². The Morgan fingerprint density at radius 1 is 1.10 bits per heavy atom. The highest BCUT2D eigenvalue weighted by molar-refractivity contribution is 7.85. The second kappa shape index (κ2) is 6.41. The van der Waals surface area contributed by atoms with Crippen molar-refractivity contribution in [3.63, 3.8) is 0 Å². The van der Waals surface area contributed by atoms with Gasteiger partial charge in [-0.05, 0) is 6.07 Å². The fraction of sp³-hybridized carbons (Fsp3) is 0.300. The van der Waals surface area contributed by atoms with E-state index < -0.39 is 63.3 Å². The molecule has 0 fully saturated rings. The summed E-state index contributed by atoms with van der Waals surface area (Å²) in [5.74, 6) is -10.7.